The first-order valence-electron chi connectivity index (χ1n) is 13.3. The van der Waals surface area contributed by atoms with Crippen LogP contribution in [0.3, 0.4) is 0 Å². The van der Waals surface area contributed by atoms with Gasteiger partial charge in [-0.25, -0.2) is 21.9 Å². The predicted octanol–water partition coefficient (Wildman–Crippen LogP) is -1.69. The Morgan fingerprint density at radius 2 is 1.69 bits per heavy atom. The van der Waals surface area contributed by atoms with Gasteiger partial charge in [0.15, 0.2) is 5.75 Å². The van der Waals surface area contributed by atoms with Crippen molar-refractivity contribution in [2.24, 2.45) is 4.40 Å². The van der Waals surface area contributed by atoms with Gasteiger partial charge < -0.3 is 19.3 Å². The zero-order valence-corrected chi connectivity index (χ0v) is 29.8. The molecule has 3 heterocycles. The van der Waals surface area contributed by atoms with E-state index in [-0.39, 0.29) is 52.3 Å². The second-order valence-electron chi connectivity index (χ2n) is 9.70. The largest absolute Gasteiger partial charge is 1.00 e. The van der Waals surface area contributed by atoms with Crippen LogP contribution in [-0.4, -0.2) is 74.0 Å². The van der Waals surface area contributed by atoms with Crippen LogP contribution in [0.25, 0.3) is 11.5 Å². The molecule has 23 heteroatoms. The van der Waals surface area contributed by atoms with Gasteiger partial charge in [0, 0.05) is 11.3 Å². The van der Waals surface area contributed by atoms with E-state index >= 15 is 0 Å². The predicted molar refractivity (Wildman–Crippen MR) is 154 cm³/mol. The summed E-state index contributed by atoms with van der Waals surface area (Å²) >= 11 is 0. The van der Waals surface area contributed by atoms with Gasteiger partial charge >= 0.3 is 52.0 Å². The number of sulfonamides is 1. The van der Waals surface area contributed by atoms with Crippen LogP contribution in [0.2, 0.25) is 0 Å². The SMILES string of the molecule is CC(C)N1C([O-])=c2ccccc2=NS1(=O)=O.COc1cnc(OC)n2nc(NS(=O)(=O)c3c(OCC(F)F)cccc3C(F)(F)F)nc12.[Na+]. The molecule has 2 aromatic carbocycles. The number of anilines is 1. The average Bonchev–Trinajstić information content (AvgIpc) is 3.41. The summed E-state index contributed by atoms with van der Waals surface area (Å²) < 4.78 is 137. The first kappa shape index (κ1) is 39.4. The summed E-state index contributed by atoms with van der Waals surface area (Å²) in [6.45, 7) is 1.95. The van der Waals surface area contributed by atoms with E-state index in [9.17, 15) is 43.9 Å². The van der Waals surface area contributed by atoms with Crippen molar-refractivity contribution in [1.29, 1.82) is 0 Å². The number of alkyl halides is 5. The van der Waals surface area contributed by atoms with E-state index in [2.05, 4.69) is 24.2 Å². The van der Waals surface area contributed by atoms with Gasteiger partial charge in [0.1, 0.15) is 17.3 Å². The molecule has 0 amide bonds. The molecule has 0 aliphatic carbocycles. The first-order valence-corrected chi connectivity index (χ1v) is 16.2. The van der Waals surface area contributed by atoms with Gasteiger partial charge in [-0.15, -0.1) is 9.50 Å². The molecule has 2 aromatic heterocycles. The zero-order valence-electron chi connectivity index (χ0n) is 26.1. The molecule has 0 fully saturated rings. The van der Waals surface area contributed by atoms with Crippen LogP contribution in [0.5, 0.6) is 17.5 Å². The summed E-state index contributed by atoms with van der Waals surface area (Å²) in [6.07, 6.45) is -6.99. The maximum Gasteiger partial charge on any atom is 1.00 e. The van der Waals surface area contributed by atoms with E-state index < -0.39 is 73.5 Å². The molecule has 0 radical (unpaired) electrons. The Kier molecular flexibility index (Phi) is 12.3. The van der Waals surface area contributed by atoms with Crippen molar-refractivity contribution < 1.29 is 87.7 Å². The quantitative estimate of drug-likeness (QED) is 0.152. The fourth-order valence-electron chi connectivity index (χ4n) is 4.24. The van der Waals surface area contributed by atoms with Gasteiger partial charge in [-0.05, 0) is 37.9 Å². The number of hydrogen-bond acceptors (Lipinski definition) is 11. The van der Waals surface area contributed by atoms with Crippen molar-refractivity contribution in [3.05, 3.63) is 64.8 Å². The molecule has 0 saturated carbocycles. The Balaban J connectivity index is 0.000000321. The molecule has 15 nitrogen and oxygen atoms in total. The third-order valence-electron chi connectivity index (χ3n) is 6.11. The van der Waals surface area contributed by atoms with Crippen molar-refractivity contribution in [3.63, 3.8) is 0 Å². The van der Waals surface area contributed by atoms with Gasteiger partial charge in [-0.2, -0.15) is 36.1 Å². The molecule has 1 aliphatic heterocycles. The minimum atomic E-state index is -5.14. The van der Waals surface area contributed by atoms with Gasteiger partial charge in [0.25, 0.3) is 22.4 Å². The molecule has 5 rings (SSSR count). The van der Waals surface area contributed by atoms with Crippen LogP contribution in [0.15, 0.2) is 58.0 Å². The molecule has 0 bridgehead atoms. The molecular weight excluding hydrogens is 720 g/mol. The van der Waals surface area contributed by atoms with E-state index in [0.29, 0.717) is 11.3 Å². The third-order valence-corrected chi connectivity index (χ3v) is 9.03. The standard InChI is InChI=1S/C16H14F5N5O5S.C10H12N2O3S.Na/c1-29-10-6-22-15(30-2)26-13(10)23-14(24-26)25-32(27,28)12-8(16(19,20)21)4-3-5-9(12)31-7-11(17)18;1-7(2)12-10(13)8-5-3-4-6-9(8)11-16(12,14)15;/h3-6,11H,7H2,1-2H3,(H,24,25);3-7,13H,1-2H3;/q;;+1/p-1. The smallest absolute Gasteiger partial charge is 0.859 e. The molecule has 1 aliphatic rings. The van der Waals surface area contributed by atoms with Gasteiger partial charge in [0.05, 0.1) is 31.3 Å². The monoisotopic (exact) mass is 745 g/mol. The van der Waals surface area contributed by atoms with Crippen molar-refractivity contribution in [1.82, 2.24) is 23.9 Å². The maximum absolute atomic E-state index is 13.5. The average molecular weight is 746 g/mol. The van der Waals surface area contributed by atoms with E-state index in [1.807, 2.05) is 0 Å². The molecule has 4 aromatic rings. The zero-order chi connectivity index (χ0) is 35.6. The van der Waals surface area contributed by atoms with Gasteiger partial charge in [-0.3, -0.25) is 4.31 Å². The van der Waals surface area contributed by atoms with Crippen LogP contribution >= 0.6 is 0 Å². The van der Waals surface area contributed by atoms with E-state index in [0.717, 1.165) is 21.0 Å². The second kappa shape index (κ2) is 15.3. The number of nitrogens with zero attached hydrogens (tertiary/aromatic N) is 6. The summed E-state index contributed by atoms with van der Waals surface area (Å²) in [5.74, 6) is -2.04. The van der Waals surface area contributed by atoms with Crippen LogP contribution in [0.1, 0.15) is 19.4 Å². The summed E-state index contributed by atoms with van der Waals surface area (Å²) in [4.78, 5) is 6.34. The van der Waals surface area contributed by atoms with Gasteiger partial charge in [-0.1, -0.05) is 24.3 Å². The number of halogens is 5. The summed E-state index contributed by atoms with van der Waals surface area (Å²) in [7, 11) is -6.44. The van der Waals surface area contributed by atoms with E-state index in [1.165, 1.54) is 26.5 Å². The fraction of sp³-hybridized carbons (Fsp3) is 0.308. The molecule has 0 spiro atoms. The third kappa shape index (κ3) is 8.60. The van der Waals surface area contributed by atoms with Crippen LogP contribution in [-0.2, 0) is 26.4 Å². The Morgan fingerprint density at radius 3 is 2.29 bits per heavy atom. The molecule has 0 unspecified atom stereocenters. The molecule has 260 valence electrons. The number of rotatable bonds is 9. The van der Waals surface area contributed by atoms with Crippen molar-refractivity contribution in [2.75, 3.05) is 25.5 Å². The minimum Gasteiger partial charge on any atom is -0.859 e. The van der Waals surface area contributed by atoms with Crippen LogP contribution < -0.4 is 64.2 Å². The normalized spacial score (nSPS) is 13.9. The number of fused-ring (bicyclic) bond motifs is 2. The minimum absolute atomic E-state index is 0. The van der Waals surface area contributed by atoms with Crippen molar-refractivity contribution >= 4 is 37.7 Å². The fourth-order valence-corrected chi connectivity index (χ4v) is 6.87. The molecular formula is C26H25F5N7NaO8S2. The van der Waals surface area contributed by atoms with Crippen molar-refractivity contribution in [3.8, 4) is 17.5 Å². The van der Waals surface area contributed by atoms with E-state index in [4.69, 9.17) is 9.47 Å². The molecule has 49 heavy (non-hydrogen) atoms. The number of benzene rings is 2. The second-order valence-corrected chi connectivity index (χ2v) is 12.8. The van der Waals surface area contributed by atoms with E-state index in [1.54, 1.807) is 36.8 Å². The summed E-state index contributed by atoms with van der Waals surface area (Å²) in [6, 6.07) is 7.97. The Morgan fingerprint density at radius 1 is 1.02 bits per heavy atom. The Hall–Kier alpha value is -3.99. The van der Waals surface area contributed by atoms with Crippen LogP contribution in [0.4, 0.5) is 27.9 Å². The summed E-state index contributed by atoms with van der Waals surface area (Å²) in [5.41, 5.74) is -1.69. The number of ether oxygens (including phenoxy) is 3. The Bertz CT molecular complexity index is 2130. The number of methoxy groups -OCH3 is 2. The maximum atomic E-state index is 13.5. The van der Waals surface area contributed by atoms with Crippen LogP contribution in [0, 0.1) is 0 Å². The molecule has 0 saturated heterocycles. The first-order chi connectivity index (χ1) is 22.4. The number of nitrogens with one attached hydrogen (secondary N) is 1. The Labute approximate surface area is 297 Å². The molecule has 1 N–H and O–H groups in total. The topological polar surface area (TPSA) is 190 Å². The number of hydrogen-bond donors (Lipinski definition) is 1. The summed E-state index contributed by atoms with van der Waals surface area (Å²) in [5, 5.41) is 16.3. The van der Waals surface area contributed by atoms with Gasteiger partial charge in [0.2, 0.25) is 5.65 Å². The van der Waals surface area contributed by atoms with Crippen molar-refractivity contribution in [2.45, 2.75) is 37.4 Å². The molecule has 0 atom stereocenters. The number of aromatic nitrogens is 4.